The average molecular weight is 624 g/mol. The summed E-state index contributed by atoms with van der Waals surface area (Å²) in [5, 5.41) is 6.88. The summed E-state index contributed by atoms with van der Waals surface area (Å²) in [5.41, 5.74) is 6.73. The smallest absolute Gasteiger partial charge is 0.352 e. The summed E-state index contributed by atoms with van der Waals surface area (Å²) < 4.78 is 17.1. The van der Waals surface area contributed by atoms with Crippen molar-refractivity contribution in [1.29, 1.82) is 0 Å². The second-order valence-electron chi connectivity index (χ2n) is 9.84. The summed E-state index contributed by atoms with van der Waals surface area (Å²) >= 11 is 12.1. The maximum atomic E-state index is 12.6. The van der Waals surface area contributed by atoms with E-state index in [1.165, 1.54) is 0 Å². The molecule has 0 radical (unpaired) electrons. The van der Waals surface area contributed by atoms with Gasteiger partial charge in [-0.3, -0.25) is 0 Å². The SMILES string of the molecule is COc1cc(C)ccc1Oc1ccc(ONC(=O)Nc2cc(Cl)cc(Cl)c2)c(CNc2ccc(N3CCOCC3)cc2)c1. The number of morpholine rings is 1. The molecule has 0 aliphatic carbocycles. The van der Waals surface area contributed by atoms with E-state index in [1.807, 2.05) is 43.3 Å². The van der Waals surface area contributed by atoms with Crippen LogP contribution in [0.2, 0.25) is 10.0 Å². The van der Waals surface area contributed by atoms with Crippen molar-refractivity contribution in [3.05, 3.63) is 100 Å². The van der Waals surface area contributed by atoms with Crippen LogP contribution in [0.15, 0.2) is 78.9 Å². The molecule has 1 aliphatic heterocycles. The minimum Gasteiger partial charge on any atom is -0.493 e. The molecule has 4 aromatic rings. The van der Waals surface area contributed by atoms with Gasteiger partial charge in [-0.1, -0.05) is 29.3 Å². The van der Waals surface area contributed by atoms with E-state index >= 15 is 0 Å². The fraction of sp³-hybridized carbons (Fsp3) is 0.219. The Balaban J connectivity index is 1.31. The van der Waals surface area contributed by atoms with Crippen LogP contribution in [0.4, 0.5) is 21.9 Å². The third kappa shape index (κ3) is 8.38. The van der Waals surface area contributed by atoms with Crippen LogP contribution in [0.3, 0.4) is 0 Å². The number of nitrogens with zero attached hydrogens (tertiary/aromatic N) is 1. The van der Waals surface area contributed by atoms with E-state index < -0.39 is 6.03 Å². The first-order valence-corrected chi connectivity index (χ1v) is 14.4. The fourth-order valence-corrected chi connectivity index (χ4v) is 5.06. The Bertz CT molecular complexity index is 1540. The Morgan fingerprint density at radius 2 is 1.58 bits per heavy atom. The Hall–Kier alpha value is -4.31. The molecular formula is C32H32Cl2N4O5. The standard InChI is InChI=1S/C32H32Cl2N4O5/c1-21-3-9-30(31(15-21)40-2)42-28-8-10-29(43-37-32(39)36-26-18-23(33)17-24(34)19-26)22(16-28)20-35-25-4-6-27(7-5-25)38-11-13-41-14-12-38/h3-10,15-19,35H,11-14,20H2,1-2H3,(H2,36,37,39). The number of amides is 2. The monoisotopic (exact) mass is 622 g/mol. The van der Waals surface area contributed by atoms with Gasteiger partial charge in [0.05, 0.1) is 20.3 Å². The first-order chi connectivity index (χ1) is 20.9. The van der Waals surface area contributed by atoms with Crippen LogP contribution >= 0.6 is 23.2 Å². The van der Waals surface area contributed by atoms with E-state index in [0.717, 1.165) is 48.8 Å². The minimum absolute atomic E-state index is 0.391. The summed E-state index contributed by atoms with van der Waals surface area (Å²) in [4.78, 5) is 20.6. The number of benzene rings is 4. The third-order valence-electron chi connectivity index (χ3n) is 6.68. The predicted octanol–water partition coefficient (Wildman–Crippen LogP) is 7.67. The number of rotatable bonds is 10. The van der Waals surface area contributed by atoms with Gasteiger partial charge < -0.3 is 34.6 Å². The van der Waals surface area contributed by atoms with Gasteiger partial charge in [0.15, 0.2) is 17.2 Å². The van der Waals surface area contributed by atoms with E-state index in [0.29, 0.717) is 45.3 Å². The van der Waals surface area contributed by atoms with E-state index in [-0.39, 0.29) is 0 Å². The molecule has 1 saturated heterocycles. The van der Waals surface area contributed by atoms with Crippen molar-refractivity contribution < 1.29 is 23.8 Å². The van der Waals surface area contributed by atoms with Crippen molar-refractivity contribution in [3.8, 4) is 23.0 Å². The van der Waals surface area contributed by atoms with E-state index in [2.05, 4.69) is 33.1 Å². The molecule has 43 heavy (non-hydrogen) atoms. The van der Waals surface area contributed by atoms with Crippen LogP contribution < -0.4 is 35.3 Å². The summed E-state index contributed by atoms with van der Waals surface area (Å²) in [6, 6.07) is 23.4. The molecule has 0 saturated carbocycles. The highest BCUT2D eigenvalue weighted by Gasteiger charge is 2.14. The molecule has 0 spiro atoms. The highest BCUT2D eigenvalue weighted by molar-refractivity contribution is 6.35. The number of methoxy groups -OCH3 is 1. The number of ether oxygens (including phenoxy) is 3. The van der Waals surface area contributed by atoms with Crippen molar-refractivity contribution in [1.82, 2.24) is 5.48 Å². The second kappa shape index (κ2) is 14.2. The van der Waals surface area contributed by atoms with Crippen molar-refractivity contribution in [2.75, 3.05) is 48.9 Å². The molecule has 1 fully saturated rings. The predicted molar refractivity (Wildman–Crippen MR) is 170 cm³/mol. The van der Waals surface area contributed by atoms with Crippen LogP contribution in [-0.4, -0.2) is 39.4 Å². The number of hydroxylamine groups is 1. The van der Waals surface area contributed by atoms with Gasteiger partial charge >= 0.3 is 6.03 Å². The topological polar surface area (TPSA) is 93.3 Å². The van der Waals surface area contributed by atoms with Crippen LogP contribution in [0.5, 0.6) is 23.0 Å². The molecule has 4 aromatic carbocycles. The second-order valence-corrected chi connectivity index (χ2v) is 10.7. The van der Waals surface area contributed by atoms with Gasteiger partial charge in [0.25, 0.3) is 0 Å². The number of carbonyl (C=O) groups is 1. The van der Waals surface area contributed by atoms with Crippen molar-refractivity contribution in [2.24, 2.45) is 0 Å². The maximum Gasteiger partial charge on any atom is 0.352 e. The zero-order valence-electron chi connectivity index (χ0n) is 23.8. The van der Waals surface area contributed by atoms with Crippen molar-refractivity contribution in [3.63, 3.8) is 0 Å². The number of aryl methyl sites for hydroxylation is 1. The zero-order chi connectivity index (χ0) is 30.2. The van der Waals surface area contributed by atoms with Gasteiger partial charge in [0.1, 0.15) is 5.75 Å². The van der Waals surface area contributed by atoms with Gasteiger partial charge in [-0.15, -0.1) is 0 Å². The molecule has 1 heterocycles. The van der Waals surface area contributed by atoms with Gasteiger partial charge in [-0.2, -0.15) is 5.48 Å². The van der Waals surface area contributed by atoms with Crippen molar-refractivity contribution in [2.45, 2.75) is 13.5 Å². The van der Waals surface area contributed by atoms with E-state index in [9.17, 15) is 4.79 Å². The zero-order valence-corrected chi connectivity index (χ0v) is 25.3. The molecule has 2 amide bonds. The lowest BCUT2D eigenvalue weighted by Gasteiger charge is -2.29. The number of hydrogen-bond acceptors (Lipinski definition) is 7. The Morgan fingerprint density at radius 3 is 2.30 bits per heavy atom. The molecule has 1 aliphatic rings. The third-order valence-corrected chi connectivity index (χ3v) is 7.12. The molecule has 0 unspecified atom stereocenters. The average Bonchev–Trinajstić information content (AvgIpc) is 3.00. The number of urea groups is 1. The molecule has 224 valence electrons. The maximum absolute atomic E-state index is 12.6. The van der Waals surface area contributed by atoms with Crippen LogP contribution in [0.1, 0.15) is 11.1 Å². The van der Waals surface area contributed by atoms with Gasteiger partial charge in [0, 0.05) is 52.3 Å². The van der Waals surface area contributed by atoms with Gasteiger partial charge in [-0.25, -0.2) is 4.79 Å². The molecular weight excluding hydrogens is 591 g/mol. The number of nitrogens with one attached hydrogen (secondary N) is 3. The Labute approximate surface area is 260 Å². The molecule has 5 rings (SSSR count). The van der Waals surface area contributed by atoms with Gasteiger partial charge in [0.2, 0.25) is 0 Å². The van der Waals surface area contributed by atoms with E-state index in [1.54, 1.807) is 37.4 Å². The Morgan fingerprint density at radius 1 is 0.860 bits per heavy atom. The summed E-state index contributed by atoms with van der Waals surface area (Å²) in [5.74, 6) is 2.21. The number of halogens is 2. The number of hydrogen-bond donors (Lipinski definition) is 3. The first kappa shape index (κ1) is 30.2. The highest BCUT2D eigenvalue weighted by atomic mass is 35.5. The molecule has 3 N–H and O–H groups in total. The summed E-state index contributed by atoms with van der Waals surface area (Å²) in [6.45, 7) is 5.58. The number of carbonyl (C=O) groups excluding carboxylic acids is 1. The lowest BCUT2D eigenvalue weighted by Crippen LogP contribution is -2.36. The number of anilines is 3. The minimum atomic E-state index is -0.597. The van der Waals surface area contributed by atoms with Crippen LogP contribution in [-0.2, 0) is 11.3 Å². The van der Waals surface area contributed by atoms with Gasteiger partial charge in [-0.05, 0) is 85.3 Å². The Kier molecular flexibility index (Phi) is 9.99. The molecule has 9 nitrogen and oxygen atoms in total. The van der Waals surface area contributed by atoms with E-state index in [4.69, 9.17) is 42.3 Å². The van der Waals surface area contributed by atoms with Crippen molar-refractivity contribution >= 4 is 46.3 Å². The molecule has 0 bridgehead atoms. The fourth-order valence-electron chi connectivity index (χ4n) is 4.54. The molecule has 0 aromatic heterocycles. The lowest BCUT2D eigenvalue weighted by atomic mass is 10.1. The highest BCUT2D eigenvalue weighted by Crippen LogP contribution is 2.34. The lowest BCUT2D eigenvalue weighted by molar-refractivity contribution is 0.122. The van der Waals surface area contributed by atoms with Crippen LogP contribution in [0, 0.1) is 6.92 Å². The largest absolute Gasteiger partial charge is 0.493 e. The van der Waals surface area contributed by atoms with Crippen LogP contribution in [0.25, 0.3) is 0 Å². The first-order valence-electron chi connectivity index (χ1n) is 13.7. The summed E-state index contributed by atoms with van der Waals surface area (Å²) in [6.07, 6.45) is 0. The summed E-state index contributed by atoms with van der Waals surface area (Å²) in [7, 11) is 1.60. The quantitative estimate of drug-likeness (QED) is 0.156. The normalized spacial score (nSPS) is 12.8. The molecule has 0 atom stereocenters. The molecule has 11 heteroatoms.